The highest BCUT2D eigenvalue weighted by molar-refractivity contribution is 9.10. The number of fused-ring (bicyclic) bond motifs is 3. The van der Waals surface area contributed by atoms with Crippen molar-refractivity contribution < 1.29 is 13.2 Å². The van der Waals surface area contributed by atoms with E-state index in [2.05, 4.69) is 21.2 Å². The molecule has 0 radical (unpaired) electrons. The molecular formula is C22H19BrN2O3S. The number of amides is 1. The van der Waals surface area contributed by atoms with Crippen LogP contribution in [0.1, 0.15) is 11.1 Å². The molecule has 1 amide bonds. The second-order valence-corrected chi connectivity index (χ2v) is 9.62. The summed E-state index contributed by atoms with van der Waals surface area (Å²) < 4.78 is 28.5. The van der Waals surface area contributed by atoms with Crippen LogP contribution in [-0.2, 0) is 21.4 Å². The van der Waals surface area contributed by atoms with Gasteiger partial charge in [0.25, 0.3) is 10.0 Å². The number of aryl methyl sites for hydroxylation is 1. The molecule has 0 saturated carbocycles. The Kier molecular flexibility index (Phi) is 5.19. The summed E-state index contributed by atoms with van der Waals surface area (Å²) in [5.41, 5.74) is 3.98. The van der Waals surface area contributed by atoms with Crippen molar-refractivity contribution in [3.05, 3.63) is 82.3 Å². The normalized spacial score (nSPS) is 14.1. The molecule has 0 spiro atoms. The average Bonchev–Trinajstić information content (AvgIpc) is 2.71. The van der Waals surface area contributed by atoms with Crippen molar-refractivity contribution in [1.29, 1.82) is 0 Å². The molecule has 148 valence electrons. The molecule has 0 aliphatic carbocycles. The Hall–Kier alpha value is -2.64. The van der Waals surface area contributed by atoms with Crippen LogP contribution in [-0.4, -0.2) is 20.9 Å². The van der Waals surface area contributed by atoms with E-state index in [-0.39, 0.29) is 17.3 Å². The van der Waals surface area contributed by atoms with Crippen molar-refractivity contribution >= 4 is 37.5 Å². The molecule has 3 aromatic rings. The van der Waals surface area contributed by atoms with E-state index in [4.69, 9.17) is 0 Å². The fourth-order valence-electron chi connectivity index (χ4n) is 3.46. The number of halogens is 1. The van der Waals surface area contributed by atoms with Crippen LogP contribution in [0.2, 0.25) is 0 Å². The molecule has 0 saturated heterocycles. The lowest BCUT2D eigenvalue weighted by molar-refractivity contribution is -0.119. The van der Waals surface area contributed by atoms with Crippen LogP contribution < -0.4 is 9.62 Å². The van der Waals surface area contributed by atoms with Crippen LogP contribution >= 0.6 is 15.9 Å². The fourth-order valence-corrected chi connectivity index (χ4v) is 5.47. The molecule has 0 aromatic heterocycles. The number of carbonyl (C=O) groups excluding carboxylic acids is 1. The Bertz CT molecular complexity index is 1210. The van der Waals surface area contributed by atoms with Gasteiger partial charge >= 0.3 is 0 Å². The first-order valence-corrected chi connectivity index (χ1v) is 11.3. The molecule has 3 aromatic carbocycles. The van der Waals surface area contributed by atoms with E-state index in [0.717, 1.165) is 21.2 Å². The van der Waals surface area contributed by atoms with Crippen LogP contribution in [0, 0.1) is 6.92 Å². The maximum Gasteiger partial charge on any atom is 0.265 e. The number of hydrogen-bond donors (Lipinski definition) is 1. The zero-order valence-electron chi connectivity index (χ0n) is 15.7. The Morgan fingerprint density at radius 2 is 1.72 bits per heavy atom. The van der Waals surface area contributed by atoms with Gasteiger partial charge < -0.3 is 5.32 Å². The molecule has 1 heterocycles. The highest BCUT2D eigenvalue weighted by Gasteiger charge is 2.35. The standard InChI is InChI=1S/C22H19BrN2O3S/c1-15-6-2-3-7-16(15)13-24-22(26)14-25-20-11-10-17(23)12-19(20)18-8-4-5-9-21(18)29(25,27)28/h2-12H,13-14H2,1H3,(H,24,26). The molecule has 0 unspecified atom stereocenters. The van der Waals surface area contributed by atoms with Crippen LogP contribution in [0.25, 0.3) is 11.1 Å². The predicted molar refractivity (Wildman–Crippen MR) is 117 cm³/mol. The van der Waals surface area contributed by atoms with Gasteiger partial charge in [-0.1, -0.05) is 58.4 Å². The van der Waals surface area contributed by atoms with E-state index in [1.54, 1.807) is 30.3 Å². The predicted octanol–water partition coefficient (Wildman–Crippen LogP) is 4.25. The van der Waals surface area contributed by atoms with Crippen molar-refractivity contribution in [1.82, 2.24) is 5.32 Å². The highest BCUT2D eigenvalue weighted by Crippen LogP contribution is 2.43. The summed E-state index contributed by atoms with van der Waals surface area (Å²) in [4.78, 5) is 12.9. The van der Waals surface area contributed by atoms with E-state index in [0.29, 0.717) is 17.8 Å². The minimum absolute atomic E-state index is 0.206. The molecule has 4 rings (SSSR count). The van der Waals surface area contributed by atoms with Crippen LogP contribution in [0.3, 0.4) is 0 Å². The number of carbonyl (C=O) groups is 1. The lowest BCUT2D eigenvalue weighted by Gasteiger charge is -2.31. The zero-order chi connectivity index (χ0) is 20.6. The molecule has 5 nitrogen and oxygen atoms in total. The second-order valence-electron chi connectivity index (χ2n) is 6.87. The van der Waals surface area contributed by atoms with Gasteiger partial charge in [0.2, 0.25) is 5.91 Å². The van der Waals surface area contributed by atoms with Gasteiger partial charge in [0.1, 0.15) is 6.54 Å². The second kappa shape index (κ2) is 7.65. The van der Waals surface area contributed by atoms with Gasteiger partial charge in [-0.25, -0.2) is 8.42 Å². The third-order valence-electron chi connectivity index (χ3n) is 5.00. The first-order valence-electron chi connectivity index (χ1n) is 9.11. The van der Waals surface area contributed by atoms with E-state index in [9.17, 15) is 13.2 Å². The molecule has 29 heavy (non-hydrogen) atoms. The summed E-state index contributed by atoms with van der Waals surface area (Å²) in [6.45, 7) is 2.04. The summed E-state index contributed by atoms with van der Waals surface area (Å²) >= 11 is 3.45. The minimum Gasteiger partial charge on any atom is -0.350 e. The third kappa shape index (κ3) is 3.68. The molecule has 1 aliphatic rings. The SMILES string of the molecule is Cc1ccccc1CNC(=O)CN1c2ccc(Br)cc2-c2ccccc2S1(=O)=O. The van der Waals surface area contributed by atoms with Gasteiger partial charge in [-0.05, 0) is 42.3 Å². The first kappa shape index (κ1) is 19.7. The molecule has 1 aliphatic heterocycles. The number of hydrogen-bond acceptors (Lipinski definition) is 3. The molecule has 0 bridgehead atoms. The van der Waals surface area contributed by atoms with E-state index < -0.39 is 10.0 Å². The van der Waals surface area contributed by atoms with Crippen LogP contribution in [0.15, 0.2) is 76.1 Å². The van der Waals surface area contributed by atoms with E-state index >= 15 is 0 Å². The van der Waals surface area contributed by atoms with Gasteiger partial charge in [-0.2, -0.15) is 0 Å². The highest BCUT2D eigenvalue weighted by atomic mass is 79.9. The van der Waals surface area contributed by atoms with Gasteiger partial charge in [0.05, 0.1) is 10.6 Å². The summed E-state index contributed by atoms with van der Waals surface area (Å²) in [6, 6.07) is 20.0. The molecule has 0 fully saturated rings. The topological polar surface area (TPSA) is 66.5 Å². The van der Waals surface area contributed by atoms with Crippen molar-refractivity contribution in [2.75, 3.05) is 10.8 Å². The number of benzene rings is 3. The maximum absolute atomic E-state index is 13.2. The van der Waals surface area contributed by atoms with Gasteiger partial charge in [0, 0.05) is 22.1 Å². The summed E-state index contributed by atoms with van der Waals surface area (Å²) in [6.07, 6.45) is 0. The Morgan fingerprint density at radius 3 is 2.52 bits per heavy atom. The molecular weight excluding hydrogens is 452 g/mol. The van der Waals surface area contributed by atoms with E-state index in [1.807, 2.05) is 43.3 Å². The van der Waals surface area contributed by atoms with Gasteiger partial charge in [-0.3, -0.25) is 9.10 Å². The van der Waals surface area contributed by atoms with Crippen molar-refractivity contribution in [3.63, 3.8) is 0 Å². The van der Waals surface area contributed by atoms with Gasteiger partial charge in [-0.15, -0.1) is 0 Å². The largest absolute Gasteiger partial charge is 0.350 e. The lowest BCUT2D eigenvalue weighted by atomic mass is 10.0. The Labute approximate surface area is 178 Å². The summed E-state index contributed by atoms with van der Waals surface area (Å²) in [7, 11) is -3.84. The third-order valence-corrected chi connectivity index (χ3v) is 7.31. The smallest absolute Gasteiger partial charge is 0.265 e. The zero-order valence-corrected chi connectivity index (χ0v) is 18.1. The summed E-state index contributed by atoms with van der Waals surface area (Å²) in [5, 5.41) is 2.84. The van der Waals surface area contributed by atoms with Crippen LogP contribution in [0.4, 0.5) is 5.69 Å². The first-order chi connectivity index (χ1) is 13.9. The number of rotatable bonds is 4. The quantitative estimate of drug-likeness (QED) is 0.619. The van der Waals surface area contributed by atoms with Crippen molar-refractivity contribution in [3.8, 4) is 11.1 Å². The number of nitrogens with one attached hydrogen (secondary N) is 1. The average molecular weight is 471 g/mol. The number of nitrogens with zero attached hydrogens (tertiary/aromatic N) is 1. The maximum atomic E-state index is 13.2. The van der Waals surface area contributed by atoms with Crippen molar-refractivity contribution in [2.45, 2.75) is 18.4 Å². The molecule has 0 atom stereocenters. The number of sulfonamides is 1. The molecule has 1 N–H and O–H groups in total. The Morgan fingerprint density at radius 1 is 1.00 bits per heavy atom. The lowest BCUT2D eigenvalue weighted by Crippen LogP contribution is -2.42. The van der Waals surface area contributed by atoms with Crippen molar-refractivity contribution in [2.24, 2.45) is 0 Å². The minimum atomic E-state index is -3.84. The van der Waals surface area contributed by atoms with Gasteiger partial charge in [0.15, 0.2) is 0 Å². The van der Waals surface area contributed by atoms with Crippen LogP contribution in [0.5, 0.6) is 0 Å². The Balaban J connectivity index is 1.65. The number of anilines is 1. The molecule has 7 heteroatoms. The monoisotopic (exact) mass is 470 g/mol. The fraction of sp³-hybridized carbons (Fsp3) is 0.136. The van der Waals surface area contributed by atoms with E-state index in [1.165, 1.54) is 4.31 Å². The summed E-state index contributed by atoms with van der Waals surface area (Å²) in [5.74, 6) is -0.356.